The van der Waals surface area contributed by atoms with Crippen LogP contribution in [0.1, 0.15) is 11.3 Å². The minimum atomic E-state index is 0.456. The fourth-order valence-corrected chi connectivity index (χ4v) is 1.35. The van der Waals surface area contributed by atoms with E-state index in [1.54, 1.807) is 6.33 Å². The van der Waals surface area contributed by atoms with Gasteiger partial charge in [-0.15, -0.1) is 0 Å². The van der Waals surface area contributed by atoms with Crippen LogP contribution in [0.5, 0.6) is 0 Å². The van der Waals surface area contributed by atoms with Crippen LogP contribution in [-0.2, 0) is 13.1 Å². The van der Waals surface area contributed by atoms with Gasteiger partial charge in [-0.1, -0.05) is 6.07 Å². The molecule has 4 heteroatoms. The van der Waals surface area contributed by atoms with Gasteiger partial charge in [0.05, 0.1) is 12.0 Å². The first kappa shape index (κ1) is 9.89. The molecule has 77 valence electrons. The van der Waals surface area contributed by atoms with Crippen LogP contribution in [0, 0.1) is 6.07 Å². The largest absolute Gasteiger partial charge is 0.326 e. The summed E-state index contributed by atoms with van der Waals surface area (Å²) >= 11 is 0. The van der Waals surface area contributed by atoms with Crippen molar-refractivity contribution in [1.82, 2.24) is 9.55 Å². The third kappa shape index (κ3) is 2.06. The fourth-order valence-electron chi connectivity index (χ4n) is 1.35. The van der Waals surface area contributed by atoms with E-state index in [9.17, 15) is 0 Å². The quantitative estimate of drug-likeness (QED) is 0.763. The SMILES string of the molecule is NCc1[c]cc(-n2cnc(CN)c2)cc1. The summed E-state index contributed by atoms with van der Waals surface area (Å²) in [6, 6.07) is 8.94. The Morgan fingerprint density at radius 3 is 2.67 bits per heavy atom. The van der Waals surface area contributed by atoms with Crippen LogP contribution in [-0.4, -0.2) is 9.55 Å². The number of nitrogens with zero attached hydrogens (tertiary/aromatic N) is 2. The van der Waals surface area contributed by atoms with Crippen molar-refractivity contribution in [2.75, 3.05) is 0 Å². The highest BCUT2D eigenvalue weighted by Crippen LogP contribution is 2.09. The highest BCUT2D eigenvalue weighted by Gasteiger charge is 1.99. The Kier molecular flexibility index (Phi) is 2.80. The van der Waals surface area contributed by atoms with Gasteiger partial charge >= 0.3 is 0 Å². The van der Waals surface area contributed by atoms with Crippen molar-refractivity contribution in [3.8, 4) is 5.69 Å². The zero-order valence-electron chi connectivity index (χ0n) is 8.35. The molecule has 1 heterocycles. The van der Waals surface area contributed by atoms with E-state index in [0.29, 0.717) is 13.1 Å². The van der Waals surface area contributed by atoms with E-state index < -0.39 is 0 Å². The van der Waals surface area contributed by atoms with Crippen molar-refractivity contribution in [2.45, 2.75) is 13.1 Å². The summed E-state index contributed by atoms with van der Waals surface area (Å²) in [5, 5.41) is 0. The normalized spacial score (nSPS) is 10.5. The number of rotatable bonds is 3. The maximum Gasteiger partial charge on any atom is 0.0995 e. The van der Waals surface area contributed by atoms with E-state index in [2.05, 4.69) is 11.1 Å². The van der Waals surface area contributed by atoms with Crippen LogP contribution in [0.15, 0.2) is 30.7 Å². The van der Waals surface area contributed by atoms with Crippen LogP contribution in [0.2, 0.25) is 0 Å². The average Bonchev–Trinajstić information content (AvgIpc) is 2.78. The summed E-state index contributed by atoms with van der Waals surface area (Å²) < 4.78 is 1.92. The molecule has 4 nitrogen and oxygen atoms in total. The third-order valence-electron chi connectivity index (χ3n) is 2.22. The monoisotopic (exact) mass is 201 g/mol. The number of hydrogen-bond donors (Lipinski definition) is 2. The Labute approximate surface area is 88.5 Å². The van der Waals surface area contributed by atoms with Gasteiger partial charge in [-0.25, -0.2) is 4.98 Å². The molecule has 2 rings (SSSR count). The first-order valence-corrected chi connectivity index (χ1v) is 4.77. The lowest BCUT2D eigenvalue weighted by Gasteiger charge is -2.02. The molecule has 0 spiro atoms. The predicted molar refractivity (Wildman–Crippen MR) is 58.2 cm³/mol. The van der Waals surface area contributed by atoms with Gasteiger partial charge in [-0.2, -0.15) is 0 Å². The maximum atomic E-state index is 5.50. The molecule has 0 aliphatic heterocycles. The Morgan fingerprint density at radius 1 is 1.27 bits per heavy atom. The summed E-state index contributed by atoms with van der Waals surface area (Å²) in [5.41, 5.74) is 13.9. The minimum Gasteiger partial charge on any atom is -0.326 e. The summed E-state index contributed by atoms with van der Waals surface area (Å²) in [6.07, 6.45) is 3.65. The molecule has 1 aromatic heterocycles. The van der Waals surface area contributed by atoms with Crippen molar-refractivity contribution in [1.29, 1.82) is 0 Å². The standard InChI is InChI=1S/C11H13N4/c12-5-9-1-3-11(4-2-9)15-7-10(6-13)14-8-15/h1,3-4,7-8H,5-6,12-13H2. The molecule has 0 saturated heterocycles. The molecule has 0 amide bonds. The van der Waals surface area contributed by atoms with Gasteiger partial charge in [0.1, 0.15) is 0 Å². The van der Waals surface area contributed by atoms with E-state index >= 15 is 0 Å². The van der Waals surface area contributed by atoms with E-state index in [4.69, 9.17) is 11.5 Å². The number of hydrogen-bond acceptors (Lipinski definition) is 3. The zero-order valence-corrected chi connectivity index (χ0v) is 8.35. The number of imidazole rings is 1. The Balaban J connectivity index is 2.28. The number of benzene rings is 1. The van der Waals surface area contributed by atoms with Gasteiger partial charge in [0.25, 0.3) is 0 Å². The predicted octanol–water partition coefficient (Wildman–Crippen LogP) is 0.590. The summed E-state index contributed by atoms with van der Waals surface area (Å²) in [7, 11) is 0. The molecule has 15 heavy (non-hydrogen) atoms. The van der Waals surface area contributed by atoms with Crippen molar-refractivity contribution in [3.63, 3.8) is 0 Å². The van der Waals surface area contributed by atoms with Crippen LogP contribution >= 0.6 is 0 Å². The second-order valence-electron chi connectivity index (χ2n) is 3.25. The molecule has 0 atom stereocenters. The van der Waals surface area contributed by atoms with E-state index in [0.717, 1.165) is 16.9 Å². The Bertz CT molecular complexity index is 430. The van der Waals surface area contributed by atoms with Gasteiger partial charge in [0.2, 0.25) is 0 Å². The second-order valence-corrected chi connectivity index (χ2v) is 3.25. The van der Waals surface area contributed by atoms with Gasteiger partial charge in [0, 0.05) is 25.0 Å². The summed E-state index contributed by atoms with van der Waals surface area (Å²) in [6.45, 7) is 0.968. The van der Waals surface area contributed by atoms with Crippen molar-refractivity contribution >= 4 is 0 Å². The summed E-state index contributed by atoms with van der Waals surface area (Å²) in [4.78, 5) is 4.15. The fraction of sp³-hybridized carbons (Fsp3) is 0.182. The van der Waals surface area contributed by atoms with Gasteiger partial charge < -0.3 is 16.0 Å². The molecule has 1 aromatic carbocycles. The van der Waals surface area contributed by atoms with Crippen molar-refractivity contribution < 1.29 is 0 Å². The van der Waals surface area contributed by atoms with Gasteiger partial charge in [0.15, 0.2) is 0 Å². The zero-order chi connectivity index (χ0) is 10.7. The van der Waals surface area contributed by atoms with Crippen molar-refractivity contribution in [2.24, 2.45) is 11.5 Å². The summed E-state index contributed by atoms with van der Waals surface area (Å²) in [5.74, 6) is 0. The van der Waals surface area contributed by atoms with Crippen LogP contribution in [0.25, 0.3) is 5.69 Å². The topological polar surface area (TPSA) is 69.9 Å². The lowest BCUT2D eigenvalue weighted by atomic mass is 10.2. The highest BCUT2D eigenvalue weighted by atomic mass is 15.0. The minimum absolute atomic E-state index is 0.456. The number of aromatic nitrogens is 2. The molecular formula is C11H13N4. The smallest absolute Gasteiger partial charge is 0.0995 e. The lowest BCUT2D eigenvalue weighted by molar-refractivity contribution is 1.01. The third-order valence-corrected chi connectivity index (χ3v) is 2.22. The van der Waals surface area contributed by atoms with Crippen LogP contribution in [0.4, 0.5) is 0 Å². The average molecular weight is 201 g/mol. The molecule has 2 aromatic rings. The van der Waals surface area contributed by atoms with E-state index in [1.807, 2.05) is 29.0 Å². The molecule has 0 aliphatic carbocycles. The molecule has 1 radical (unpaired) electrons. The molecule has 4 N–H and O–H groups in total. The highest BCUT2D eigenvalue weighted by molar-refractivity contribution is 5.34. The van der Waals surface area contributed by atoms with Gasteiger partial charge in [-0.05, 0) is 23.8 Å². The molecule has 0 aliphatic rings. The van der Waals surface area contributed by atoms with Crippen LogP contribution < -0.4 is 11.5 Å². The lowest BCUT2D eigenvalue weighted by Crippen LogP contribution is -1.98. The van der Waals surface area contributed by atoms with Crippen molar-refractivity contribution in [3.05, 3.63) is 48.0 Å². The maximum absolute atomic E-state index is 5.50. The molecular weight excluding hydrogens is 188 g/mol. The molecule has 0 unspecified atom stereocenters. The Morgan fingerprint density at radius 2 is 2.13 bits per heavy atom. The number of nitrogens with two attached hydrogens (primary N) is 2. The molecule has 0 saturated carbocycles. The second kappa shape index (κ2) is 4.25. The van der Waals surface area contributed by atoms with E-state index in [-0.39, 0.29) is 0 Å². The first-order chi connectivity index (χ1) is 7.33. The molecule has 0 fully saturated rings. The van der Waals surface area contributed by atoms with Gasteiger partial charge in [-0.3, -0.25) is 0 Å². The molecule has 0 bridgehead atoms. The Hall–Kier alpha value is -1.65. The van der Waals surface area contributed by atoms with E-state index in [1.165, 1.54) is 0 Å². The van der Waals surface area contributed by atoms with Crippen LogP contribution in [0.3, 0.4) is 0 Å². The first-order valence-electron chi connectivity index (χ1n) is 4.77.